The molecule has 1 aliphatic rings. The molecule has 0 bridgehead atoms. The van der Waals surface area contributed by atoms with Gasteiger partial charge in [-0.3, -0.25) is 9.11 Å². The lowest BCUT2D eigenvalue weighted by Gasteiger charge is -2.39. The highest BCUT2D eigenvalue weighted by Gasteiger charge is 2.26. The van der Waals surface area contributed by atoms with Gasteiger partial charge >= 0.3 is 0 Å². The van der Waals surface area contributed by atoms with Crippen LogP contribution in [0.5, 0.6) is 5.88 Å². The van der Waals surface area contributed by atoms with Crippen molar-refractivity contribution in [1.29, 1.82) is 0 Å². The van der Waals surface area contributed by atoms with Crippen molar-refractivity contribution in [3.8, 4) is 28.1 Å². The van der Waals surface area contributed by atoms with Crippen LogP contribution in [0.15, 0.2) is 48.9 Å². The lowest BCUT2D eigenvalue weighted by atomic mass is 10.0. The zero-order chi connectivity index (χ0) is 20.4. The van der Waals surface area contributed by atoms with Gasteiger partial charge in [0.05, 0.1) is 0 Å². The maximum atomic E-state index is 14.8. The molecule has 0 radical (unpaired) electrons. The van der Waals surface area contributed by atoms with Crippen LogP contribution >= 0.6 is 10.6 Å². The molecule has 152 valence electrons. The third-order valence-corrected chi connectivity index (χ3v) is 6.62. The number of benzene rings is 1. The third-order valence-electron chi connectivity index (χ3n) is 4.85. The van der Waals surface area contributed by atoms with E-state index in [9.17, 15) is 13.5 Å². The minimum absolute atomic E-state index is 0.131. The minimum Gasteiger partial charge on any atom is -0.474 e. The quantitative estimate of drug-likeness (QED) is 0.583. The van der Waals surface area contributed by atoms with Crippen LogP contribution in [0.25, 0.3) is 22.3 Å². The Morgan fingerprint density at radius 2 is 1.72 bits per heavy atom. The summed E-state index contributed by atoms with van der Waals surface area (Å²) < 4.78 is 40.4. The third kappa shape index (κ3) is 4.47. The van der Waals surface area contributed by atoms with Crippen LogP contribution in [0.2, 0.25) is 0 Å². The van der Waals surface area contributed by atoms with Crippen molar-refractivity contribution in [3.05, 3.63) is 54.7 Å². The first-order chi connectivity index (χ1) is 13.9. The fourth-order valence-electron chi connectivity index (χ4n) is 3.26. The van der Waals surface area contributed by atoms with Gasteiger partial charge < -0.3 is 10.5 Å². The number of nitrogen functional groups attached to an aromatic ring is 1. The van der Waals surface area contributed by atoms with E-state index in [0.717, 1.165) is 0 Å². The molecule has 1 fully saturated rings. The van der Waals surface area contributed by atoms with E-state index in [-0.39, 0.29) is 12.1 Å². The molecule has 3 aromatic rings. The Bertz CT molecular complexity index is 1010. The number of aromatic nitrogens is 3. The predicted octanol–water partition coefficient (Wildman–Crippen LogP) is 4.22. The molecule has 4 N–H and O–H groups in total. The van der Waals surface area contributed by atoms with Gasteiger partial charge in [-0.2, -0.15) is 10.6 Å². The molecule has 0 atom stereocenters. The Balaban J connectivity index is 1.59. The zero-order valence-corrected chi connectivity index (χ0v) is 16.3. The Kier molecular flexibility index (Phi) is 5.35. The lowest BCUT2D eigenvalue weighted by Crippen LogP contribution is -2.29. The molecule has 0 spiro atoms. The smallest absolute Gasteiger partial charge is 0.221 e. The molecule has 9 heteroatoms. The number of pyridine rings is 1. The van der Waals surface area contributed by atoms with E-state index < -0.39 is 16.4 Å². The number of hydrogen-bond donors (Lipinski definition) is 3. The van der Waals surface area contributed by atoms with Crippen LogP contribution in [0.3, 0.4) is 0 Å². The Morgan fingerprint density at radius 1 is 1.00 bits per heavy atom. The van der Waals surface area contributed by atoms with E-state index >= 15 is 0 Å². The molecule has 4 rings (SSSR count). The molecular weight excluding hydrogens is 395 g/mol. The van der Waals surface area contributed by atoms with E-state index in [1.807, 2.05) is 6.07 Å². The lowest BCUT2D eigenvalue weighted by molar-refractivity contribution is 0.180. The van der Waals surface area contributed by atoms with Gasteiger partial charge in [-0.1, -0.05) is 12.1 Å². The highest BCUT2D eigenvalue weighted by atomic mass is 32.3. The van der Waals surface area contributed by atoms with Crippen LogP contribution in [0, 0.1) is 5.82 Å². The maximum Gasteiger partial charge on any atom is 0.221 e. The van der Waals surface area contributed by atoms with Crippen LogP contribution in [-0.2, 0) is 0 Å². The number of anilines is 1. The first kappa shape index (κ1) is 19.6. The van der Waals surface area contributed by atoms with E-state index in [2.05, 4.69) is 15.0 Å². The number of halogens is 1. The van der Waals surface area contributed by atoms with Gasteiger partial charge in [0, 0.05) is 59.6 Å². The fraction of sp³-hybridized carbons (Fsp3) is 0.250. The average molecular weight is 416 g/mol. The summed E-state index contributed by atoms with van der Waals surface area (Å²) in [6.45, 7) is 0. The van der Waals surface area contributed by atoms with Crippen molar-refractivity contribution in [2.75, 3.05) is 17.2 Å². The molecule has 0 aliphatic carbocycles. The van der Waals surface area contributed by atoms with Crippen molar-refractivity contribution in [1.82, 2.24) is 15.0 Å². The summed E-state index contributed by atoms with van der Waals surface area (Å²) in [7, 11) is -2.48. The standard InChI is InChI=1S/C20H21FN4O3S/c21-18-10-13(3-4-16(18)14-11-24-20(22)25-12-14)17-2-1-7-23-19(17)28-15-5-8-29(26,27)9-6-15/h1-4,7,10-12,15,26-27H,5-6,8-9H2,(H2,22,24,25). The second kappa shape index (κ2) is 7.94. The monoisotopic (exact) mass is 416 g/mol. The highest BCUT2D eigenvalue weighted by Crippen LogP contribution is 2.45. The number of nitrogens with zero attached hydrogens (tertiary/aromatic N) is 3. The van der Waals surface area contributed by atoms with Gasteiger partial charge in [-0.05, 0) is 23.8 Å². The highest BCUT2D eigenvalue weighted by molar-refractivity contribution is 8.24. The Morgan fingerprint density at radius 3 is 2.41 bits per heavy atom. The Labute approximate surface area is 169 Å². The van der Waals surface area contributed by atoms with Gasteiger partial charge in [0.25, 0.3) is 0 Å². The topological polar surface area (TPSA) is 114 Å². The fourth-order valence-corrected chi connectivity index (χ4v) is 4.75. The first-order valence-electron chi connectivity index (χ1n) is 9.14. The Hall–Kier alpha value is -2.75. The summed E-state index contributed by atoms with van der Waals surface area (Å²) in [5, 5.41) is 0. The van der Waals surface area contributed by atoms with Crippen molar-refractivity contribution >= 4 is 16.5 Å². The predicted molar refractivity (Wildman–Crippen MR) is 111 cm³/mol. The van der Waals surface area contributed by atoms with Gasteiger partial charge in [-0.15, -0.1) is 0 Å². The van der Waals surface area contributed by atoms with Crippen molar-refractivity contribution < 1.29 is 18.2 Å². The molecule has 0 unspecified atom stereocenters. The van der Waals surface area contributed by atoms with Gasteiger partial charge in [0.2, 0.25) is 11.8 Å². The minimum atomic E-state index is -2.48. The molecule has 2 aromatic heterocycles. The second-order valence-electron chi connectivity index (χ2n) is 6.91. The van der Waals surface area contributed by atoms with Crippen LogP contribution in [0.1, 0.15) is 12.8 Å². The largest absolute Gasteiger partial charge is 0.474 e. The molecule has 3 heterocycles. The molecule has 1 aliphatic heterocycles. The summed E-state index contributed by atoms with van der Waals surface area (Å²) in [5.41, 5.74) is 7.70. The summed E-state index contributed by atoms with van der Waals surface area (Å²) in [6, 6.07) is 8.45. The first-order valence-corrected chi connectivity index (χ1v) is 11.0. The van der Waals surface area contributed by atoms with Crippen LogP contribution in [-0.4, -0.2) is 41.7 Å². The summed E-state index contributed by atoms with van der Waals surface area (Å²) in [6.07, 6.45) is 5.51. The van der Waals surface area contributed by atoms with Crippen LogP contribution < -0.4 is 10.5 Å². The maximum absolute atomic E-state index is 14.8. The van der Waals surface area contributed by atoms with E-state index in [1.165, 1.54) is 18.5 Å². The zero-order valence-electron chi connectivity index (χ0n) is 15.5. The van der Waals surface area contributed by atoms with Crippen LogP contribution in [0.4, 0.5) is 10.3 Å². The van der Waals surface area contributed by atoms with E-state index in [0.29, 0.717) is 52.5 Å². The molecule has 0 saturated carbocycles. The number of rotatable bonds is 4. The SMILES string of the molecule is Nc1ncc(-c2ccc(-c3cccnc3OC3CCS(O)(O)CC3)cc2F)cn1. The molecule has 0 amide bonds. The average Bonchev–Trinajstić information content (AvgIpc) is 2.71. The second-order valence-corrected chi connectivity index (χ2v) is 9.33. The van der Waals surface area contributed by atoms with Gasteiger partial charge in [-0.25, -0.2) is 19.3 Å². The molecule has 29 heavy (non-hydrogen) atoms. The van der Waals surface area contributed by atoms with Gasteiger partial charge in [0.15, 0.2) is 0 Å². The molecule has 1 aromatic carbocycles. The van der Waals surface area contributed by atoms with E-state index in [4.69, 9.17) is 10.5 Å². The number of ether oxygens (including phenoxy) is 1. The molecule has 1 saturated heterocycles. The summed E-state index contributed by atoms with van der Waals surface area (Å²) in [5.74, 6) is 0.766. The number of hydrogen-bond acceptors (Lipinski definition) is 7. The van der Waals surface area contributed by atoms with Crippen molar-refractivity contribution in [3.63, 3.8) is 0 Å². The summed E-state index contributed by atoms with van der Waals surface area (Å²) >= 11 is 0. The van der Waals surface area contributed by atoms with Crippen molar-refractivity contribution in [2.45, 2.75) is 18.9 Å². The number of nitrogens with two attached hydrogens (primary N) is 1. The summed E-state index contributed by atoms with van der Waals surface area (Å²) in [4.78, 5) is 12.1. The van der Waals surface area contributed by atoms with Crippen molar-refractivity contribution in [2.24, 2.45) is 0 Å². The van der Waals surface area contributed by atoms with E-state index in [1.54, 1.807) is 24.4 Å². The van der Waals surface area contributed by atoms with Gasteiger partial charge in [0.1, 0.15) is 11.9 Å². The molecule has 7 nitrogen and oxygen atoms in total. The molecular formula is C20H21FN4O3S. The normalized spacial score (nSPS) is 17.6.